The van der Waals surface area contributed by atoms with Gasteiger partial charge in [-0.1, -0.05) is 6.07 Å². The number of hydrogen-bond acceptors (Lipinski definition) is 2. The van der Waals surface area contributed by atoms with Crippen molar-refractivity contribution in [2.45, 2.75) is 19.3 Å². The summed E-state index contributed by atoms with van der Waals surface area (Å²) >= 11 is 0. The first-order valence-corrected chi connectivity index (χ1v) is 8.66. The molecule has 1 N–H and O–H groups in total. The number of nitrogens with zero attached hydrogens (tertiary/aromatic N) is 2. The van der Waals surface area contributed by atoms with E-state index in [0.29, 0.717) is 18.0 Å². The van der Waals surface area contributed by atoms with E-state index in [1.807, 2.05) is 23.4 Å². The smallest absolute Gasteiger partial charge is 0.253 e. The van der Waals surface area contributed by atoms with E-state index in [0.717, 1.165) is 36.8 Å². The summed E-state index contributed by atoms with van der Waals surface area (Å²) in [5.41, 5.74) is 2.52. The van der Waals surface area contributed by atoms with Gasteiger partial charge in [-0.3, -0.25) is 4.79 Å². The molecule has 5 heteroatoms. The molecule has 0 bridgehead atoms. The van der Waals surface area contributed by atoms with E-state index in [2.05, 4.69) is 16.0 Å². The lowest BCUT2D eigenvalue weighted by atomic mass is 9.91. The minimum absolute atomic E-state index is 0.0802. The number of amides is 1. The van der Waals surface area contributed by atoms with Crippen molar-refractivity contribution >= 4 is 16.9 Å². The Bertz CT molecular complexity index is 905. The fourth-order valence-electron chi connectivity index (χ4n) is 3.65. The number of aromatic amines is 1. The van der Waals surface area contributed by atoms with Crippen molar-refractivity contribution < 1.29 is 9.18 Å². The van der Waals surface area contributed by atoms with Gasteiger partial charge in [0.25, 0.3) is 5.91 Å². The van der Waals surface area contributed by atoms with Gasteiger partial charge in [-0.2, -0.15) is 0 Å². The van der Waals surface area contributed by atoms with Gasteiger partial charge < -0.3 is 9.88 Å². The molecule has 1 saturated heterocycles. The number of halogens is 1. The molecule has 1 aliphatic heterocycles. The van der Waals surface area contributed by atoms with Crippen LogP contribution in [0.3, 0.4) is 0 Å². The number of hydrogen-bond donors (Lipinski definition) is 1. The molecule has 4 nitrogen and oxygen atoms in total. The molecule has 0 unspecified atom stereocenters. The number of nitrogens with one attached hydrogen (secondary N) is 1. The first-order valence-electron chi connectivity index (χ1n) is 8.66. The maximum absolute atomic E-state index is 13.4. The highest BCUT2D eigenvalue weighted by Gasteiger charge is 2.25. The van der Waals surface area contributed by atoms with E-state index >= 15 is 0 Å². The topological polar surface area (TPSA) is 49.0 Å². The number of pyridine rings is 1. The number of rotatable bonds is 3. The number of benzene rings is 1. The summed E-state index contributed by atoms with van der Waals surface area (Å²) in [6.45, 7) is 1.45. The summed E-state index contributed by atoms with van der Waals surface area (Å²) < 4.78 is 13.4. The van der Waals surface area contributed by atoms with E-state index in [9.17, 15) is 9.18 Å². The van der Waals surface area contributed by atoms with Crippen molar-refractivity contribution in [2.24, 2.45) is 5.92 Å². The molecule has 2 aromatic heterocycles. The SMILES string of the molecule is O=C(c1cccc(F)c1)N1CCC[C@H](Cc2cnc3[nH]ccc3c2)C1. The van der Waals surface area contributed by atoms with Gasteiger partial charge >= 0.3 is 0 Å². The lowest BCUT2D eigenvalue weighted by Gasteiger charge is -2.33. The number of carbonyl (C=O) groups excluding carboxylic acids is 1. The molecule has 3 heterocycles. The van der Waals surface area contributed by atoms with Gasteiger partial charge in [-0.15, -0.1) is 0 Å². The molecule has 0 saturated carbocycles. The van der Waals surface area contributed by atoms with Crippen LogP contribution < -0.4 is 0 Å². The van der Waals surface area contributed by atoms with Crippen LogP contribution in [0.5, 0.6) is 0 Å². The maximum Gasteiger partial charge on any atom is 0.253 e. The van der Waals surface area contributed by atoms with Crippen molar-refractivity contribution in [1.82, 2.24) is 14.9 Å². The van der Waals surface area contributed by atoms with Crippen LogP contribution in [-0.2, 0) is 6.42 Å². The van der Waals surface area contributed by atoms with Gasteiger partial charge in [0, 0.05) is 36.4 Å². The average molecular weight is 337 g/mol. The zero-order valence-corrected chi connectivity index (χ0v) is 13.9. The van der Waals surface area contributed by atoms with Crippen LogP contribution in [0.2, 0.25) is 0 Å². The van der Waals surface area contributed by atoms with Crippen LogP contribution >= 0.6 is 0 Å². The van der Waals surface area contributed by atoms with Crippen LogP contribution in [-0.4, -0.2) is 33.9 Å². The fourth-order valence-corrected chi connectivity index (χ4v) is 3.65. The molecule has 128 valence electrons. The molecule has 4 rings (SSSR count). The molecule has 0 spiro atoms. The minimum Gasteiger partial charge on any atom is -0.346 e. The van der Waals surface area contributed by atoms with Gasteiger partial charge in [-0.05, 0) is 61.1 Å². The first kappa shape index (κ1) is 15.8. The van der Waals surface area contributed by atoms with Crippen LogP contribution in [0.15, 0.2) is 48.8 Å². The van der Waals surface area contributed by atoms with Gasteiger partial charge in [0.1, 0.15) is 11.5 Å². The van der Waals surface area contributed by atoms with Crippen LogP contribution in [0, 0.1) is 11.7 Å². The first-order chi connectivity index (χ1) is 12.2. The molecule has 3 aromatic rings. The second-order valence-corrected chi connectivity index (χ2v) is 6.73. The third-order valence-electron chi connectivity index (χ3n) is 4.86. The highest BCUT2D eigenvalue weighted by Crippen LogP contribution is 2.23. The Morgan fingerprint density at radius 2 is 2.24 bits per heavy atom. The highest BCUT2D eigenvalue weighted by atomic mass is 19.1. The van der Waals surface area contributed by atoms with E-state index in [4.69, 9.17) is 0 Å². The van der Waals surface area contributed by atoms with E-state index < -0.39 is 0 Å². The molecule has 1 amide bonds. The van der Waals surface area contributed by atoms with Crippen molar-refractivity contribution in [3.63, 3.8) is 0 Å². The van der Waals surface area contributed by atoms with Crippen LogP contribution in [0.25, 0.3) is 11.0 Å². The Hall–Kier alpha value is -2.69. The lowest BCUT2D eigenvalue weighted by Crippen LogP contribution is -2.40. The summed E-state index contributed by atoms with van der Waals surface area (Å²) in [5.74, 6) is -0.0434. The summed E-state index contributed by atoms with van der Waals surface area (Å²) in [7, 11) is 0. The second kappa shape index (κ2) is 6.67. The van der Waals surface area contributed by atoms with Crippen molar-refractivity contribution in [3.8, 4) is 0 Å². The van der Waals surface area contributed by atoms with Crippen molar-refractivity contribution in [1.29, 1.82) is 0 Å². The standard InChI is InChI=1S/C20H20FN3O/c21-18-5-1-4-17(11-18)20(25)24-8-2-3-14(13-24)9-15-10-16-6-7-22-19(16)23-12-15/h1,4-7,10-12,14H,2-3,8-9,13H2,(H,22,23)/t14-/m1/s1. The Morgan fingerprint density at radius 3 is 3.12 bits per heavy atom. The Balaban J connectivity index is 1.46. The quantitative estimate of drug-likeness (QED) is 0.790. The number of piperidine rings is 1. The van der Waals surface area contributed by atoms with Gasteiger partial charge in [0.15, 0.2) is 0 Å². The summed E-state index contributed by atoms with van der Waals surface area (Å²) in [6, 6.07) is 10.1. The second-order valence-electron chi connectivity index (χ2n) is 6.73. The molecular formula is C20H20FN3O. The maximum atomic E-state index is 13.4. The molecule has 0 aliphatic carbocycles. The molecule has 1 aliphatic rings. The normalized spacial score (nSPS) is 17.8. The van der Waals surface area contributed by atoms with E-state index in [1.165, 1.54) is 17.7 Å². The molecule has 0 radical (unpaired) electrons. The van der Waals surface area contributed by atoms with E-state index in [-0.39, 0.29) is 11.7 Å². The fraction of sp³-hybridized carbons (Fsp3) is 0.300. The zero-order valence-electron chi connectivity index (χ0n) is 13.9. The number of likely N-dealkylation sites (tertiary alicyclic amines) is 1. The third-order valence-corrected chi connectivity index (χ3v) is 4.86. The monoisotopic (exact) mass is 337 g/mol. The van der Waals surface area contributed by atoms with E-state index in [1.54, 1.807) is 12.1 Å². The number of carbonyl (C=O) groups is 1. The molecular weight excluding hydrogens is 317 g/mol. The predicted molar refractivity (Wildman–Crippen MR) is 94.8 cm³/mol. The highest BCUT2D eigenvalue weighted by molar-refractivity contribution is 5.94. The van der Waals surface area contributed by atoms with Crippen molar-refractivity contribution in [2.75, 3.05) is 13.1 Å². The van der Waals surface area contributed by atoms with Crippen LogP contribution in [0.4, 0.5) is 4.39 Å². The number of H-pyrrole nitrogens is 1. The van der Waals surface area contributed by atoms with Gasteiger partial charge in [0.05, 0.1) is 0 Å². The molecule has 1 aromatic carbocycles. The van der Waals surface area contributed by atoms with Crippen molar-refractivity contribution in [3.05, 3.63) is 65.7 Å². The minimum atomic E-state index is -0.370. The van der Waals surface area contributed by atoms with Gasteiger partial charge in [0.2, 0.25) is 0 Å². The number of fused-ring (bicyclic) bond motifs is 1. The average Bonchev–Trinajstić information content (AvgIpc) is 3.09. The Morgan fingerprint density at radius 1 is 1.32 bits per heavy atom. The zero-order chi connectivity index (χ0) is 17.2. The third kappa shape index (κ3) is 3.40. The molecule has 1 atom stereocenters. The Kier molecular flexibility index (Phi) is 4.22. The number of aromatic nitrogens is 2. The summed E-state index contributed by atoms with van der Waals surface area (Å²) in [6.07, 6.45) is 6.78. The summed E-state index contributed by atoms with van der Waals surface area (Å²) in [5, 5.41) is 1.11. The Labute approximate surface area is 145 Å². The summed E-state index contributed by atoms with van der Waals surface area (Å²) in [4.78, 5) is 22.0. The predicted octanol–water partition coefficient (Wildman–Crippen LogP) is 3.80. The largest absolute Gasteiger partial charge is 0.346 e. The molecule has 1 fully saturated rings. The van der Waals surface area contributed by atoms with Gasteiger partial charge in [-0.25, -0.2) is 9.37 Å². The molecule has 25 heavy (non-hydrogen) atoms. The lowest BCUT2D eigenvalue weighted by molar-refractivity contribution is 0.0673. The van der Waals surface area contributed by atoms with Crippen LogP contribution in [0.1, 0.15) is 28.8 Å².